The first kappa shape index (κ1) is 22.7. The summed E-state index contributed by atoms with van der Waals surface area (Å²) in [6.07, 6.45) is 2.43. The molecule has 0 bridgehead atoms. The first-order valence-corrected chi connectivity index (χ1v) is 10.5. The van der Waals surface area contributed by atoms with E-state index >= 15 is 0 Å². The normalized spacial score (nSPS) is 11.3. The topological polar surface area (TPSA) is 134 Å². The van der Waals surface area contributed by atoms with Gasteiger partial charge in [0.1, 0.15) is 16.9 Å². The van der Waals surface area contributed by atoms with Gasteiger partial charge in [0.15, 0.2) is 5.65 Å². The summed E-state index contributed by atoms with van der Waals surface area (Å²) in [4.78, 5) is 36.9. The van der Waals surface area contributed by atoms with Crippen LogP contribution in [0.2, 0.25) is 0 Å². The number of carbonyl (C=O) groups excluding carboxylic acids is 1. The molecule has 174 valence electrons. The van der Waals surface area contributed by atoms with Crippen LogP contribution in [-0.2, 0) is 11.2 Å². The van der Waals surface area contributed by atoms with Crippen molar-refractivity contribution in [1.82, 2.24) is 19.5 Å². The molecule has 0 fully saturated rings. The Morgan fingerprint density at radius 2 is 1.76 bits per heavy atom. The average Bonchev–Trinajstić information content (AvgIpc) is 2.79. The van der Waals surface area contributed by atoms with Crippen LogP contribution >= 0.6 is 0 Å². The minimum atomic E-state index is -0.824. The lowest BCUT2D eigenvalue weighted by molar-refractivity contribution is 0.0460. The highest BCUT2D eigenvalue weighted by Gasteiger charge is 2.22. The van der Waals surface area contributed by atoms with Gasteiger partial charge in [0.2, 0.25) is 5.95 Å². The molecule has 34 heavy (non-hydrogen) atoms. The van der Waals surface area contributed by atoms with E-state index in [1.807, 2.05) is 36.4 Å². The number of carbonyl (C=O) groups is 1. The van der Waals surface area contributed by atoms with Crippen LogP contribution in [0.1, 0.15) is 19.4 Å². The largest absolute Gasteiger partial charge is 0.497 e. The minimum absolute atomic E-state index is 0.320. The Bertz CT molecular complexity index is 1380. The third-order valence-corrected chi connectivity index (χ3v) is 5.04. The lowest BCUT2D eigenvalue weighted by Gasteiger charge is -2.24. The highest BCUT2D eigenvalue weighted by atomic mass is 16.6. The Hall–Kier alpha value is -4.47. The zero-order chi connectivity index (χ0) is 24.3. The van der Waals surface area contributed by atoms with Gasteiger partial charge in [-0.15, -0.1) is 0 Å². The maximum absolute atomic E-state index is 12.7. The van der Waals surface area contributed by atoms with E-state index in [-0.39, 0.29) is 5.56 Å². The van der Waals surface area contributed by atoms with E-state index in [9.17, 15) is 9.59 Å². The van der Waals surface area contributed by atoms with E-state index in [2.05, 4.69) is 20.3 Å². The highest BCUT2D eigenvalue weighted by Crippen LogP contribution is 2.21. The van der Waals surface area contributed by atoms with Crippen molar-refractivity contribution in [3.05, 3.63) is 76.8 Å². The van der Waals surface area contributed by atoms with E-state index in [0.29, 0.717) is 29.2 Å². The number of fused-ring (bicyclic) bond motifs is 1. The van der Waals surface area contributed by atoms with Crippen molar-refractivity contribution in [3.8, 4) is 11.4 Å². The van der Waals surface area contributed by atoms with Crippen molar-refractivity contribution in [2.45, 2.75) is 25.9 Å². The molecule has 0 atom stereocenters. The number of amides is 1. The van der Waals surface area contributed by atoms with Gasteiger partial charge in [-0.1, -0.05) is 12.1 Å². The molecule has 4 rings (SSSR count). The number of ether oxygens (including phenoxy) is 2. The molecule has 10 nitrogen and oxygen atoms in total. The van der Waals surface area contributed by atoms with Gasteiger partial charge >= 0.3 is 6.09 Å². The number of nitrogens with one attached hydrogen (secondary N) is 1. The molecular formula is C24H24N6O4. The fourth-order valence-electron chi connectivity index (χ4n) is 3.59. The monoisotopic (exact) mass is 460 g/mol. The second kappa shape index (κ2) is 9.18. The lowest BCUT2D eigenvalue weighted by atomic mass is 9.98. The second-order valence-electron chi connectivity index (χ2n) is 8.21. The number of hydrogen-bond acceptors (Lipinski definition) is 8. The molecule has 1 amide bonds. The molecule has 0 aliphatic carbocycles. The molecule has 10 heteroatoms. The van der Waals surface area contributed by atoms with Crippen molar-refractivity contribution in [2.24, 2.45) is 5.73 Å². The molecule has 2 aromatic heterocycles. The van der Waals surface area contributed by atoms with Gasteiger partial charge in [0.05, 0.1) is 25.2 Å². The number of anilines is 2. The highest BCUT2D eigenvalue weighted by molar-refractivity contribution is 5.73. The SMILES string of the molecule is COc1ccc(Nc2ncc3ncc(=O)n(-c4ccc(CC(C)(C)OC(N)=O)cc4)c3n2)cc1. The summed E-state index contributed by atoms with van der Waals surface area (Å²) in [6.45, 7) is 3.56. The van der Waals surface area contributed by atoms with E-state index < -0.39 is 11.7 Å². The van der Waals surface area contributed by atoms with Crippen LogP contribution in [0.15, 0.2) is 65.7 Å². The van der Waals surface area contributed by atoms with Crippen LogP contribution < -0.4 is 21.3 Å². The third kappa shape index (κ3) is 5.12. The number of methoxy groups -OCH3 is 1. The van der Waals surface area contributed by atoms with Gasteiger partial charge in [0.25, 0.3) is 5.56 Å². The molecule has 0 unspecified atom stereocenters. The first-order valence-electron chi connectivity index (χ1n) is 10.5. The number of aromatic nitrogens is 4. The fraction of sp³-hybridized carbons (Fsp3) is 0.208. The van der Waals surface area contributed by atoms with Crippen LogP contribution in [0.4, 0.5) is 16.4 Å². The average molecular weight is 460 g/mol. The zero-order valence-electron chi connectivity index (χ0n) is 19.0. The summed E-state index contributed by atoms with van der Waals surface area (Å²) < 4.78 is 11.8. The Morgan fingerprint density at radius 3 is 2.41 bits per heavy atom. The van der Waals surface area contributed by atoms with Gasteiger partial charge in [-0.25, -0.2) is 14.8 Å². The van der Waals surface area contributed by atoms with Crippen molar-refractivity contribution >= 4 is 28.9 Å². The molecule has 0 aliphatic rings. The predicted octanol–water partition coefficient (Wildman–Crippen LogP) is 3.34. The minimum Gasteiger partial charge on any atom is -0.497 e. The molecule has 2 heterocycles. The molecular weight excluding hydrogens is 436 g/mol. The van der Waals surface area contributed by atoms with E-state index in [1.165, 1.54) is 10.8 Å². The number of benzene rings is 2. The standard InChI is InChI=1S/C24H24N6O4/c1-24(2,34-22(25)32)12-15-4-8-17(9-5-15)30-20(31)14-26-19-13-27-23(29-21(19)30)28-16-6-10-18(33-3)11-7-16/h4-11,13-14H,12H2,1-3H3,(H2,25,32)(H,27,28,29). The number of hydrogen-bond donors (Lipinski definition) is 2. The smallest absolute Gasteiger partial charge is 0.405 e. The number of rotatable bonds is 7. The van der Waals surface area contributed by atoms with Crippen LogP contribution in [-0.4, -0.2) is 38.3 Å². The van der Waals surface area contributed by atoms with Crippen molar-refractivity contribution in [2.75, 3.05) is 12.4 Å². The number of nitrogens with zero attached hydrogens (tertiary/aromatic N) is 4. The molecule has 0 saturated carbocycles. The molecule has 0 radical (unpaired) electrons. The molecule has 0 aliphatic heterocycles. The van der Waals surface area contributed by atoms with E-state index in [0.717, 1.165) is 17.0 Å². The van der Waals surface area contributed by atoms with Gasteiger partial charge in [-0.05, 0) is 55.8 Å². The third-order valence-electron chi connectivity index (χ3n) is 5.04. The van der Waals surface area contributed by atoms with Crippen LogP contribution in [0, 0.1) is 0 Å². The molecule has 0 saturated heterocycles. The molecule has 4 aromatic rings. The number of primary amides is 1. The van der Waals surface area contributed by atoms with Crippen LogP contribution in [0.25, 0.3) is 16.9 Å². The van der Waals surface area contributed by atoms with Gasteiger partial charge < -0.3 is 20.5 Å². The second-order valence-corrected chi connectivity index (χ2v) is 8.21. The zero-order valence-corrected chi connectivity index (χ0v) is 19.0. The van der Waals surface area contributed by atoms with Gasteiger partial charge in [-0.2, -0.15) is 4.98 Å². The Kier molecular flexibility index (Phi) is 6.13. The van der Waals surface area contributed by atoms with Crippen molar-refractivity contribution < 1.29 is 14.3 Å². The van der Waals surface area contributed by atoms with E-state index in [1.54, 1.807) is 39.3 Å². The maximum atomic E-state index is 12.7. The summed E-state index contributed by atoms with van der Waals surface area (Å²) in [5.74, 6) is 1.05. The van der Waals surface area contributed by atoms with Gasteiger partial charge in [-0.3, -0.25) is 9.36 Å². The molecule has 2 aromatic carbocycles. The van der Waals surface area contributed by atoms with Crippen LogP contribution in [0.5, 0.6) is 5.75 Å². The fourth-order valence-corrected chi connectivity index (χ4v) is 3.59. The van der Waals surface area contributed by atoms with Crippen molar-refractivity contribution in [3.63, 3.8) is 0 Å². The Balaban J connectivity index is 1.66. The quantitative estimate of drug-likeness (QED) is 0.429. The Labute approximate surface area is 195 Å². The predicted molar refractivity (Wildman–Crippen MR) is 128 cm³/mol. The van der Waals surface area contributed by atoms with Crippen molar-refractivity contribution in [1.29, 1.82) is 0 Å². The number of nitrogens with two attached hydrogens (primary N) is 1. The summed E-state index contributed by atoms with van der Waals surface area (Å²) in [6, 6.07) is 14.6. The molecule has 0 spiro atoms. The maximum Gasteiger partial charge on any atom is 0.405 e. The van der Waals surface area contributed by atoms with E-state index in [4.69, 9.17) is 15.2 Å². The summed E-state index contributed by atoms with van der Waals surface area (Å²) >= 11 is 0. The van der Waals surface area contributed by atoms with Gasteiger partial charge in [0, 0.05) is 12.1 Å². The van der Waals surface area contributed by atoms with Crippen LogP contribution in [0.3, 0.4) is 0 Å². The molecule has 3 N–H and O–H groups in total. The first-order chi connectivity index (χ1) is 16.2. The summed E-state index contributed by atoms with van der Waals surface area (Å²) in [5, 5.41) is 3.12. The summed E-state index contributed by atoms with van der Waals surface area (Å²) in [5.41, 5.74) is 7.19. The lowest BCUT2D eigenvalue weighted by Crippen LogP contribution is -2.33. The summed E-state index contributed by atoms with van der Waals surface area (Å²) in [7, 11) is 1.60. The Morgan fingerprint density at radius 1 is 1.06 bits per heavy atom.